The number of aryl methyl sites for hydroxylation is 1. The number of nitrogens with zero attached hydrogens (tertiary/aromatic N) is 4. The summed E-state index contributed by atoms with van der Waals surface area (Å²) in [7, 11) is 0. The van der Waals surface area contributed by atoms with Crippen molar-refractivity contribution in [3.63, 3.8) is 0 Å². The molecule has 1 fully saturated rings. The van der Waals surface area contributed by atoms with Crippen LogP contribution in [0.5, 0.6) is 0 Å². The largest absolute Gasteiger partial charge is 0.379 e. The number of rotatable bonds is 7. The summed E-state index contributed by atoms with van der Waals surface area (Å²) >= 11 is 0. The van der Waals surface area contributed by atoms with Crippen molar-refractivity contribution in [2.24, 2.45) is 0 Å². The zero-order chi connectivity index (χ0) is 23.6. The Labute approximate surface area is 198 Å². The standard InChI is InChI=1S/C24H27N7O3/c1-18-14-22(30-34-18)29-24(32)28-21-5-2-4-19(15-21)6-7-20-16-26-23(27-17-20)25-8-3-9-31-10-12-33-13-11-31/h2,4-5,14-17H,3,8-13H2,1H3,(H,25,26,27)(H2,28,29,30,32). The van der Waals surface area contributed by atoms with Crippen molar-refractivity contribution in [1.29, 1.82) is 0 Å². The summed E-state index contributed by atoms with van der Waals surface area (Å²) in [4.78, 5) is 23.2. The van der Waals surface area contributed by atoms with Crippen LogP contribution in [-0.4, -0.2) is 65.4 Å². The number of carbonyl (C=O) groups is 1. The molecular weight excluding hydrogens is 434 g/mol. The predicted octanol–water partition coefficient (Wildman–Crippen LogP) is 2.95. The lowest BCUT2D eigenvalue weighted by Crippen LogP contribution is -2.37. The minimum Gasteiger partial charge on any atom is -0.379 e. The van der Waals surface area contributed by atoms with Gasteiger partial charge in [-0.3, -0.25) is 10.2 Å². The Morgan fingerprint density at radius 2 is 1.88 bits per heavy atom. The molecule has 1 saturated heterocycles. The van der Waals surface area contributed by atoms with E-state index in [4.69, 9.17) is 9.26 Å². The Kier molecular flexibility index (Phi) is 8.05. The first-order chi connectivity index (χ1) is 16.6. The van der Waals surface area contributed by atoms with Gasteiger partial charge in [0.25, 0.3) is 0 Å². The Hall–Kier alpha value is -3.94. The minimum absolute atomic E-state index is 0.348. The van der Waals surface area contributed by atoms with E-state index in [9.17, 15) is 4.79 Å². The number of morpholine rings is 1. The first kappa shape index (κ1) is 23.2. The summed E-state index contributed by atoms with van der Waals surface area (Å²) in [6.45, 7) is 7.23. The molecule has 2 amide bonds. The molecule has 3 heterocycles. The van der Waals surface area contributed by atoms with E-state index in [0.717, 1.165) is 51.4 Å². The van der Waals surface area contributed by atoms with Crippen molar-refractivity contribution >= 4 is 23.5 Å². The van der Waals surface area contributed by atoms with Gasteiger partial charge in [0.1, 0.15) is 5.76 Å². The summed E-state index contributed by atoms with van der Waals surface area (Å²) in [6.07, 6.45) is 4.41. The van der Waals surface area contributed by atoms with Crippen LogP contribution in [0, 0.1) is 18.8 Å². The predicted molar refractivity (Wildman–Crippen MR) is 129 cm³/mol. The molecule has 1 aromatic carbocycles. The van der Waals surface area contributed by atoms with E-state index in [2.05, 4.69) is 47.8 Å². The summed E-state index contributed by atoms with van der Waals surface area (Å²) < 4.78 is 10.3. The minimum atomic E-state index is -0.417. The molecule has 0 saturated carbocycles. The number of nitrogens with one attached hydrogen (secondary N) is 3. The van der Waals surface area contributed by atoms with Crippen LogP contribution >= 0.6 is 0 Å². The van der Waals surface area contributed by atoms with Gasteiger partial charge in [-0.15, -0.1) is 0 Å². The maximum atomic E-state index is 12.1. The SMILES string of the molecule is Cc1cc(NC(=O)Nc2cccc(C#Cc3cnc(NCCCN4CCOCC4)nc3)c2)no1. The molecule has 0 bridgehead atoms. The van der Waals surface area contributed by atoms with Gasteiger partial charge in [-0.05, 0) is 38.1 Å². The number of hydrogen-bond donors (Lipinski definition) is 3. The Balaban J connectivity index is 1.24. The second kappa shape index (κ2) is 11.8. The van der Waals surface area contributed by atoms with Crippen LogP contribution in [0.25, 0.3) is 0 Å². The third-order valence-electron chi connectivity index (χ3n) is 5.03. The number of anilines is 3. The Morgan fingerprint density at radius 3 is 2.65 bits per heavy atom. The Morgan fingerprint density at radius 1 is 1.09 bits per heavy atom. The van der Waals surface area contributed by atoms with Gasteiger partial charge in [0.2, 0.25) is 5.95 Å². The fraction of sp³-hybridized carbons (Fsp3) is 0.333. The topological polar surface area (TPSA) is 117 Å². The van der Waals surface area contributed by atoms with Gasteiger partial charge in [-0.1, -0.05) is 23.1 Å². The molecule has 2 aromatic heterocycles. The maximum absolute atomic E-state index is 12.1. The molecule has 0 unspecified atom stereocenters. The summed E-state index contributed by atoms with van der Waals surface area (Å²) in [5, 5.41) is 12.3. The van der Waals surface area contributed by atoms with Crippen LogP contribution < -0.4 is 16.0 Å². The van der Waals surface area contributed by atoms with Gasteiger partial charge in [0, 0.05) is 49.3 Å². The van der Waals surface area contributed by atoms with Gasteiger partial charge >= 0.3 is 6.03 Å². The highest BCUT2D eigenvalue weighted by Gasteiger charge is 2.09. The smallest absolute Gasteiger partial charge is 0.324 e. The van der Waals surface area contributed by atoms with Crippen LogP contribution in [0.1, 0.15) is 23.3 Å². The van der Waals surface area contributed by atoms with Gasteiger partial charge in [-0.25, -0.2) is 14.8 Å². The van der Waals surface area contributed by atoms with Crippen LogP contribution in [0.4, 0.5) is 22.2 Å². The number of hydrogen-bond acceptors (Lipinski definition) is 8. The molecule has 0 aliphatic carbocycles. The lowest BCUT2D eigenvalue weighted by atomic mass is 10.2. The van der Waals surface area contributed by atoms with Gasteiger partial charge in [0.05, 0.1) is 18.8 Å². The van der Waals surface area contributed by atoms with Crippen molar-refractivity contribution in [2.45, 2.75) is 13.3 Å². The van der Waals surface area contributed by atoms with Crippen molar-refractivity contribution < 1.29 is 14.1 Å². The van der Waals surface area contributed by atoms with Crippen molar-refractivity contribution in [2.75, 3.05) is 55.3 Å². The third kappa shape index (κ3) is 7.30. The van der Waals surface area contributed by atoms with Crippen LogP contribution in [0.2, 0.25) is 0 Å². The van der Waals surface area contributed by atoms with Gasteiger partial charge in [0.15, 0.2) is 5.82 Å². The molecule has 10 heteroatoms. The number of ether oxygens (including phenoxy) is 1. The fourth-order valence-corrected chi connectivity index (χ4v) is 3.33. The second-order valence-electron chi connectivity index (χ2n) is 7.76. The van der Waals surface area contributed by atoms with Gasteiger partial charge < -0.3 is 19.9 Å². The molecule has 3 aromatic rings. The van der Waals surface area contributed by atoms with E-state index >= 15 is 0 Å². The second-order valence-corrected chi connectivity index (χ2v) is 7.76. The normalized spacial score (nSPS) is 13.6. The van der Waals surface area contributed by atoms with E-state index in [0.29, 0.717) is 28.8 Å². The van der Waals surface area contributed by atoms with Crippen molar-refractivity contribution in [3.8, 4) is 11.8 Å². The van der Waals surface area contributed by atoms with E-state index in [1.807, 2.05) is 12.1 Å². The molecular formula is C24H27N7O3. The zero-order valence-corrected chi connectivity index (χ0v) is 19.0. The quantitative estimate of drug-likeness (QED) is 0.363. The maximum Gasteiger partial charge on any atom is 0.324 e. The Bertz CT molecular complexity index is 1150. The molecule has 0 atom stereocenters. The van der Waals surface area contributed by atoms with Gasteiger partial charge in [-0.2, -0.15) is 0 Å². The molecule has 0 radical (unpaired) electrons. The summed E-state index contributed by atoms with van der Waals surface area (Å²) in [6, 6.07) is 8.46. The average Bonchev–Trinajstić information content (AvgIpc) is 3.26. The van der Waals surface area contributed by atoms with E-state index < -0.39 is 6.03 Å². The van der Waals surface area contributed by atoms with Crippen LogP contribution in [0.3, 0.4) is 0 Å². The lowest BCUT2D eigenvalue weighted by Gasteiger charge is -2.26. The van der Waals surface area contributed by atoms with Crippen LogP contribution in [0.15, 0.2) is 47.2 Å². The highest BCUT2D eigenvalue weighted by molar-refractivity contribution is 5.99. The van der Waals surface area contributed by atoms with E-state index in [-0.39, 0.29) is 0 Å². The number of aromatic nitrogens is 3. The molecule has 10 nitrogen and oxygen atoms in total. The first-order valence-corrected chi connectivity index (χ1v) is 11.1. The molecule has 0 spiro atoms. The first-order valence-electron chi connectivity index (χ1n) is 11.1. The lowest BCUT2D eigenvalue weighted by molar-refractivity contribution is 0.0378. The highest BCUT2D eigenvalue weighted by atomic mass is 16.5. The molecule has 1 aliphatic heterocycles. The average molecular weight is 462 g/mol. The van der Waals surface area contributed by atoms with E-state index in [1.54, 1.807) is 37.5 Å². The molecule has 34 heavy (non-hydrogen) atoms. The fourth-order valence-electron chi connectivity index (χ4n) is 3.33. The van der Waals surface area contributed by atoms with E-state index in [1.165, 1.54) is 0 Å². The summed E-state index contributed by atoms with van der Waals surface area (Å²) in [5.74, 6) is 7.67. The number of benzene rings is 1. The zero-order valence-electron chi connectivity index (χ0n) is 19.0. The molecule has 4 rings (SSSR count). The number of amides is 2. The molecule has 1 aliphatic rings. The monoisotopic (exact) mass is 461 g/mol. The van der Waals surface area contributed by atoms with Crippen LogP contribution in [-0.2, 0) is 4.74 Å². The molecule has 176 valence electrons. The van der Waals surface area contributed by atoms with Crippen molar-refractivity contribution in [3.05, 3.63) is 59.6 Å². The molecule has 3 N–H and O–H groups in total. The third-order valence-corrected chi connectivity index (χ3v) is 5.03. The number of urea groups is 1. The number of carbonyl (C=O) groups excluding carboxylic acids is 1. The van der Waals surface area contributed by atoms with Crippen molar-refractivity contribution in [1.82, 2.24) is 20.0 Å². The highest BCUT2D eigenvalue weighted by Crippen LogP contribution is 2.12. The summed E-state index contributed by atoms with van der Waals surface area (Å²) in [5.41, 5.74) is 2.06.